The predicted octanol–water partition coefficient (Wildman–Crippen LogP) is 4.06. The number of halogens is 1. The van der Waals surface area contributed by atoms with E-state index in [1.807, 2.05) is 43.3 Å². The molecule has 0 unspecified atom stereocenters. The number of hydrogen-bond acceptors (Lipinski definition) is 2. The zero-order chi connectivity index (χ0) is 15.1. The number of rotatable bonds is 6. The molecule has 0 aliphatic heterocycles. The Hall–Kier alpha value is -2.00. The van der Waals surface area contributed by atoms with Crippen molar-refractivity contribution >= 4 is 17.5 Å². The Morgan fingerprint density at radius 1 is 1.19 bits per heavy atom. The molecule has 0 saturated carbocycles. The van der Waals surface area contributed by atoms with Gasteiger partial charge in [0, 0.05) is 22.7 Å². The van der Waals surface area contributed by atoms with Gasteiger partial charge in [0.25, 0.3) is 5.91 Å². The molecule has 4 heteroatoms. The lowest BCUT2D eigenvalue weighted by Gasteiger charge is -2.09. The highest BCUT2D eigenvalue weighted by molar-refractivity contribution is 6.31. The van der Waals surface area contributed by atoms with Crippen LogP contribution in [0.1, 0.15) is 29.3 Å². The Bertz CT molecular complexity index is 613. The van der Waals surface area contributed by atoms with Crippen molar-refractivity contribution in [1.82, 2.24) is 5.32 Å². The second-order valence-corrected chi connectivity index (χ2v) is 5.07. The first-order valence-electron chi connectivity index (χ1n) is 6.95. The van der Waals surface area contributed by atoms with Crippen molar-refractivity contribution in [3.8, 4) is 5.75 Å². The summed E-state index contributed by atoms with van der Waals surface area (Å²) in [6.45, 7) is 3.06. The van der Waals surface area contributed by atoms with Crippen molar-refractivity contribution in [2.45, 2.75) is 20.0 Å². The molecule has 0 atom stereocenters. The van der Waals surface area contributed by atoms with Gasteiger partial charge < -0.3 is 10.1 Å². The predicted molar refractivity (Wildman–Crippen MR) is 84.9 cm³/mol. The van der Waals surface area contributed by atoms with Crippen molar-refractivity contribution in [2.75, 3.05) is 6.54 Å². The average Bonchev–Trinajstić information content (AvgIpc) is 2.52. The van der Waals surface area contributed by atoms with Gasteiger partial charge in [-0.15, -0.1) is 0 Å². The molecule has 0 fully saturated rings. The molecule has 0 spiro atoms. The lowest BCUT2D eigenvalue weighted by Crippen LogP contribution is -2.23. The number of nitrogens with one attached hydrogen (secondary N) is 1. The minimum absolute atomic E-state index is 0.0833. The van der Waals surface area contributed by atoms with Crippen LogP contribution in [-0.4, -0.2) is 12.5 Å². The number of carbonyl (C=O) groups is 1. The number of carbonyl (C=O) groups excluding carboxylic acids is 1. The summed E-state index contributed by atoms with van der Waals surface area (Å²) in [5.74, 6) is 0.569. The highest BCUT2D eigenvalue weighted by Crippen LogP contribution is 2.19. The van der Waals surface area contributed by atoms with Crippen LogP contribution in [0.25, 0.3) is 0 Å². The molecule has 21 heavy (non-hydrogen) atoms. The first-order valence-corrected chi connectivity index (χ1v) is 7.33. The second kappa shape index (κ2) is 7.70. The van der Waals surface area contributed by atoms with E-state index in [2.05, 4.69) is 5.32 Å². The molecule has 0 aliphatic rings. The lowest BCUT2D eigenvalue weighted by atomic mass is 10.2. The van der Waals surface area contributed by atoms with Gasteiger partial charge in [0.05, 0.1) is 0 Å². The van der Waals surface area contributed by atoms with E-state index in [0.29, 0.717) is 29.5 Å². The van der Waals surface area contributed by atoms with Crippen LogP contribution in [-0.2, 0) is 6.61 Å². The van der Waals surface area contributed by atoms with E-state index in [1.165, 1.54) is 0 Å². The van der Waals surface area contributed by atoms with Gasteiger partial charge in [-0.3, -0.25) is 4.79 Å². The lowest BCUT2D eigenvalue weighted by molar-refractivity contribution is 0.0953. The molecule has 0 saturated heterocycles. The molecule has 0 aliphatic carbocycles. The third-order valence-electron chi connectivity index (χ3n) is 2.98. The summed E-state index contributed by atoms with van der Waals surface area (Å²) in [5.41, 5.74) is 1.51. The van der Waals surface area contributed by atoms with Gasteiger partial charge in [0.1, 0.15) is 12.4 Å². The maximum absolute atomic E-state index is 11.9. The first kappa shape index (κ1) is 15.4. The maximum atomic E-state index is 11.9. The van der Waals surface area contributed by atoms with Crippen LogP contribution < -0.4 is 10.1 Å². The van der Waals surface area contributed by atoms with Crippen molar-refractivity contribution in [2.24, 2.45) is 0 Å². The van der Waals surface area contributed by atoms with Gasteiger partial charge in [-0.25, -0.2) is 0 Å². The summed E-state index contributed by atoms with van der Waals surface area (Å²) in [5, 5.41) is 3.52. The van der Waals surface area contributed by atoms with Gasteiger partial charge in [-0.05, 0) is 30.7 Å². The van der Waals surface area contributed by atoms with Crippen LogP contribution in [0.2, 0.25) is 5.02 Å². The van der Waals surface area contributed by atoms with Gasteiger partial charge >= 0.3 is 0 Å². The third-order valence-corrected chi connectivity index (χ3v) is 3.35. The number of hydrogen-bond donors (Lipinski definition) is 1. The fraction of sp³-hybridized carbons (Fsp3) is 0.235. The Labute approximate surface area is 129 Å². The van der Waals surface area contributed by atoms with Crippen molar-refractivity contribution in [1.29, 1.82) is 0 Å². The molecule has 0 heterocycles. The van der Waals surface area contributed by atoms with E-state index in [4.69, 9.17) is 16.3 Å². The fourth-order valence-corrected chi connectivity index (χ4v) is 2.03. The summed E-state index contributed by atoms with van der Waals surface area (Å²) in [6.07, 6.45) is 0.911. The third kappa shape index (κ3) is 4.50. The zero-order valence-electron chi connectivity index (χ0n) is 11.9. The summed E-state index contributed by atoms with van der Waals surface area (Å²) >= 11 is 6.09. The molecule has 0 radical (unpaired) electrons. The standard InChI is InChI=1S/C17H18ClNO2/c1-2-10-19-17(20)13-7-5-8-15(11-13)21-12-14-6-3-4-9-16(14)18/h3-9,11H,2,10,12H2,1H3,(H,19,20). The minimum atomic E-state index is -0.0833. The molecule has 2 aromatic carbocycles. The molecular weight excluding hydrogens is 286 g/mol. The van der Waals surface area contributed by atoms with Crippen molar-refractivity contribution in [3.63, 3.8) is 0 Å². The SMILES string of the molecule is CCCNC(=O)c1cccc(OCc2ccccc2Cl)c1. The molecule has 1 amide bonds. The Morgan fingerprint density at radius 3 is 2.76 bits per heavy atom. The molecular formula is C17H18ClNO2. The highest BCUT2D eigenvalue weighted by Gasteiger charge is 2.06. The Morgan fingerprint density at radius 2 is 2.00 bits per heavy atom. The molecule has 3 nitrogen and oxygen atoms in total. The van der Waals surface area contributed by atoms with Crippen LogP contribution >= 0.6 is 11.6 Å². The van der Waals surface area contributed by atoms with Gasteiger partial charge in [0.15, 0.2) is 0 Å². The van der Waals surface area contributed by atoms with Crippen LogP contribution in [0.5, 0.6) is 5.75 Å². The number of benzene rings is 2. The Balaban J connectivity index is 2.01. The fourth-order valence-electron chi connectivity index (χ4n) is 1.84. The normalized spacial score (nSPS) is 10.2. The van der Waals surface area contributed by atoms with Crippen LogP contribution in [0.3, 0.4) is 0 Å². The van der Waals surface area contributed by atoms with Gasteiger partial charge in [0.2, 0.25) is 0 Å². The maximum Gasteiger partial charge on any atom is 0.251 e. The monoisotopic (exact) mass is 303 g/mol. The van der Waals surface area contributed by atoms with Crippen molar-refractivity contribution in [3.05, 3.63) is 64.7 Å². The molecule has 0 bridgehead atoms. The van der Waals surface area contributed by atoms with Gasteiger partial charge in [-0.2, -0.15) is 0 Å². The largest absolute Gasteiger partial charge is 0.489 e. The molecule has 2 aromatic rings. The van der Waals surface area contributed by atoms with E-state index in [9.17, 15) is 4.79 Å². The minimum Gasteiger partial charge on any atom is -0.489 e. The molecule has 110 valence electrons. The van der Waals surface area contributed by atoms with Crippen molar-refractivity contribution < 1.29 is 9.53 Å². The van der Waals surface area contributed by atoms with E-state index in [1.54, 1.807) is 12.1 Å². The van der Waals surface area contributed by atoms with Crippen LogP contribution in [0.15, 0.2) is 48.5 Å². The van der Waals surface area contributed by atoms with E-state index in [0.717, 1.165) is 12.0 Å². The van der Waals surface area contributed by atoms with E-state index >= 15 is 0 Å². The highest BCUT2D eigenvalue weighted by atomic mass is 35.5. The summed E-state index contributed by atoms with van der Waals surface area (Å²) in [6, 6.07) is 14.7. The molecule has 2 rings (SSSR count). The van der Waals surface area contributed by atoms with Crippen LogP contribution in [0, 0.1) is 0 Å². The van der Waals surface area contributed by atoms with E-state index in [-0.39, 0.29) is 5.91 Å². The number of ether oxygens (including phenoxy) is 1. The molecule has 0 aromatic heterocycles. The molecule has 1 N–H and O–H groups in total. The zero-order valence-corrected chi connectivity index (χ0v) is 12.7. The van der Waals surface area contributed by atoms with Crippen LogP contribution in [0.4, 0.5) is 0 Å². The van der Waals surface area contributed by atoms with E-state index < -0.39 is 0 Å². The topological polar surface area (TPSA) is 38.3 Å². The number of amides is 1. The summed E-state index contributed by atoms with van der Waals surface area (Å²) < 4.78 is 5.70. The summed E-state index contributed by atoms with van der Waals surface area (Å²) in [4.78, 5) is 11.9. The van der Waals surface area contributed by atoms with Gasteiger partial charge in [-0.1, -0.05) is 42.8 Å². The smallest absolute Gasteiger partial charge is 0.251 e. The summed E-state index contributed by atoms with van der Waals surface area (Å²) in [7, 11) is 0. The quantitative estimate of drug-likeness (QED) is 0.874. The average molecular weight is 304 g/mol. The first-order chi connectivity index (χ1) is 10.2. The second-order valence-electron chi connectivity index (χ2n) is 4.66. The Kier molecular flexibility index (Phi) is 5.64.